The van der Waals surface area contributed by atoms with Crippen LogP contribution in [0.2, 0.25) is 0 Å². The molecule has 12 heavy (non-hydrogen) atoms. The van der Waals surface area contributed by atoms with Gasteiger partial charge >= 0.3 is 5.97 Å². The maximum absolute atomic E-state index is 11.0. The van der Waals surface area contributed by atoms with Gasteiger partial charge in [0.05, 0.1) is 18.4 Å². The van der Waals surface area contributed by atoms with Gasteiger partial charge in [0, 0.05) is 0 Å². The van der Waals surface area contributed by atoms with E-state index in [4.69, 9.17) is 11.5 Å². The summed E-state index contributed by atoms with van der Waals surface area (Å²) in [6.07, 6.45) is 5.35. The Kier molecular flexibility index (Phi) is 2.34. The average molecular weight is 167 g/mol. The van der Waals surface area contributed by atoms with E-state index in [9.17, 15) is 9.59 Å². The van der Waals surface area contributed by atoms with Crippen molar-refractivity contribution in [1.29, 1.82) is 0 Å². The largest absolute Gasteiger partial charge is 0.481 e. The zero-order valence-electron chi connectivity index (χ0n) is 6.41. The van der Waals surface area contributed by atoms with Crippen LogP contribution in [0.5, 0.6) is 0 Å². The lowest BCUT2D eigenvalue weighted by Crippen LogP contribution is -2.26. The van der Waals surface area contributed by atoms with Crippen LogP contribution >= 0.6 is 0 Å². The van der Waals surface area contributed by atoms with Gasteiger partial charge in [0.2, 0.25) is 5.91 Å². The van der Waals surface area contributed by atoms with Crippen molar-refractivity contribution < 1.29 is 14.7 Å². The SMILES string of the molecule is C#CCNC(=O)[C@@H]1C[C@@H]1C(=O)O. The summed E-state index contributed by atoms with van der Waals surface area (Å²) in [5, 5.41) is 10.9. The van der Waals surface area contributed by atoms with Gasteiger partial charge in [0.1, 0.15) is 0 Å². The van der Waals surface area contributed by atoms with Crippen LogP contribution in [0.3, 0.4) is 0 Å². The zero-order valence-corrected chi connectivity index (χ0v) is 6.41. The number of hydrogen-bond donors (Lipinski definition) is 2. The molecule has 0 aromatic carbocycles. The molecule has 0 spiro atoms. The van der Waals surface area contributed by atoms with Gasteiger partial charge in [-0.05, 0) is 6.42 Å². The summed E-state index contributed by atoms with van der Waals surface area (Å²) in [5.74, 6) is 0.227. The van der Waals surface area contributed by atoms with Gasteiger partial charge in [0.25, 0.3) is 0 Å². The van der Waals surface area contributed by atoms with Gasteiger partial charge in [-0.3, -0.25) is 9.59 Å². The van der Waals surface area contributed by atoms with E-state index in [0.717, 1.165) is 0 Å². The molecule has 2 atom stereocenters. The number of carbonyl (C=O) groups excluding carboxylic acids is 1. The molecule has 1 saturated carbocycles. The second-order valence-corrected chi connectivity index (χ2v) is 2.71. The van der Waals surface area contributed by atoms with Crippen molar-refractivity contribution in [2.24, 2.45) is 11.8 Å². The molecule has 1 aliphatic carbocycles. The number of carboxylic acids is 1. The van der Waals surface area contributed by atoms with Gasteiger partial charge in [-0.15, -0.1) is 6.42 Å². The van der Waals surface area contributed by atoms with Gasteiger partial charge in [-0.25, -0.2) is 0 Å². The summed E-state index contributed by atoms with van der Waals surface area (Å²) in [5.41, 5.74) is 0. The lowest BCUT2D eigenvalue weighted by molar-refractivity contribution is -0.140. The van der Waals surface area contributed by atoms with Gasteiger partial charge in [0.15, 0.2) is 0 Å². The van der Waals surface area contributed by atoms with E-state index in [2.05, 4.69) is 11.2 Å². The Labute approximate surface area is 70.0 Å². The Hall–Kier alpha value is -1.50. The highest BCUT2D eigenvalue weighted by Gasteiger charge is 2.48. The van der Waals surface area contributed by atoms with Crippen LogP contribution in [-0.2, 0) is 9.59 Å². The highest BCUT2D eigenvalue weighted by atomic mass is 16.4. The highest BCUT2D eigenvalue weighted by molar-refractivity contribution is 5.89. The number of aliphatic carboxylic acids is 1. The van der Waals surface area contributed by atoms with Crippen molar-refractivity contribution >= 4 is 11.9 Å². The molecule has 0 heterocycles. The molecule has 0 aliphatic heterocycles. The standard InChI is InChI=1S/C8H9NO3/c1-2-3-9-7(10)5-4-6(5)8(11)12/h1,5-6H,3-4H2,(H,9,10)(H,11,12)/t5-,6+/m1/s1. The van der Waals surface area contributed by atoms with E-state index in [1.165, 1.54) is 0 Å². The molecule has 64 valence electrons. The number of amides is 1. The van der Waals surface area contributed by atoms with Crippen LogP contribution < -0.4 is 5.32 Å². The van der Waals surface area contributed by atoms with Crippen molar-refractivity contribution in [2.75, 3.05) is 6.54 Å². The predicted molar refractivity (Wildman–Crippen MR) is 41.1 cm³/mol. The Bertz CT molecular complexity index is 254. The molecule has 1 aliphatic rings. The third-order valence-electron chi connectivity index (χ3n) is 1.81. The molecule has 4 nitrogen and oxygen atoms in total. The summed E-state index contributed by atoms with van der Waals surface area (Å²) >= 11 is 0. The minimum Gasteiger partial charge on any atom is -0.481 e. The number of carboxylic acid groups (broad SMARTS) is 1. The lowest BCUT2D eigenvalue weighted by Gasteiger charge is -1.97. The molecule has 0 aromatic rings. The summed E-state index contributed by atoms with van der Waals surface area (Å²) < 4.78 is 0. The number of nitrogens with one attached hydrogen (secondary N) is 1. The molecule has 1 amide bonds. The molecule has 0 bridgehead atoms. The zero-order chi connectivity index (χ0) is 9.14. The number of terminal acetylenes is 1. The minimum absolute atomic E-state index is 0.168. The fourth-order valence-corrected chi connectivity index (χ4v) is 1.03. The topological polar surface area (TPSA) is 66.4 Å². The van der Waals surface area contributed by atoms with Crippen molar-refractivity contribution in [3.63, 3.8) is 0 Å². The maximum atomic E-state index is 11.0. The summed E-state index contributed by atoms with van der Waals surface area (Å²) in [6.45, 7) is 0.168. The van der Waals surface area contributed by atoms with Crippen molar-refractivity contribution in [3.05, 3.63) is 0 Å². The van der Waals surface area contributed by atoms with Crippen LogP contribution in [-0.4, -0.2) is 23.5 Å². The predicted octanol–water partition coefficient (Wildman–Crippen LogP) is -0.544. The second kappa shape index (κ2) is 3.26. The highest BCUT2D eigenvalue weighted by Crippen LogP contribution is 2.38. The molecule has 4 heteroatoms. The maximum Gasteiger partial charge on any atom is 0.307 e. The Balaban J connectivity index is 2.29. The molecule has 1 fully saturated rings. The average Bonchev–Trinajstić information content (AvgIpc) is 2.78. The Morgan fingerprint density at radius 1 is 1.58 bits per heavy atom. The van der Waals surface area contributed by atoms with Gasteiger partial charge in [-0.2, -0.15) is 0 Å². The van der Waals surface area contributed by atoms with Crippen LogP contribution in [0, 0.1) is 24.2 Å². The third-order valence-corrected chi connectivity index (χ3v) is 1.81. The molecular formula is C8H9NO3. The quantitative estimate of drug-likeness (QED) is 0.554. The van der Waals surface area contributed by atoms with E-state index >= 15 is 0 Å². The number of carbonyl (C=O) groups is 2. The van der Waals surface area contributed by atoms with Crippen LogP contribution in [0.1, 0.15) is 6.42 Å². The normalized spacial score (nSPS) is 25.6. The van der Waals surface area contributed by atoms with Crippen LogP contribution in [0.15, 0.2) is 0 Å². The van der Waals surface area contributed by atoms with E-state index < -0.39 is 11.9 Å². The first kappa shape index (κ1) is 8.60. The number of hydrogen-bond acceptors (Lipinski definition) is 2. The summed E-state index contributed by atoms with van der Waals surface area (Å²) in [7, 11) is 0. The Morgan fingerprint density at radius 3 is 2.67 bits per heavy atom. The molecule has 0 saturated heterocycles. The smallest absolute Gasteiger partial charge is 0.307 e. The van der Waals surface area contributed by atoms with Gasteiger partial charge < -0.3 is 10.4 Å². The van der Waals surface area contributed by atoms with E-state index in [0.29, 0.717) is 6.42 Å². The van der Waals surface area contributed by atoms with Crippen LogP contribution in [0.4, 0.5) is 0 Å². The minimum atomic E-state index is -0.907. The summed E-state index contributed by atoms with van der Waals surface area (Å²) in [6, 6.07) is 0. The van der Waals surface area contributed by atoms with Gasteiger partial charge in [-0.1, -0.05) is 5.92 Å². The summed E-state index contributed by atoms with van der Waals surface area (Å²) in [4.78, 5) is 21.3. The second-order valence-electron chi connectivity index (χ2n) is 2.71. The molecular weight excluding hydrogens is 158 g/mol. The van der Waals surface area contributed by atoms with Crippen molar-refractivity contribution in [3.8, 4) is 12.3 Å². The first-order valence-electron chi connectivity index (χ1n) is 3.60. The van der Waals surface area contributed by atoms with E-state index in [1.807, 2.05) is 0 Å². The molecule has 0 unspecified atom stereocenters. The molecule has 0 aromatic heterocycles. The molecule has 2 N–H and O–H groups in total. The fraction of sp³-hybridized carbons (Fsp3) is 0.500. The van der Waals surface area contributed by atoms with E-state index in [1.54, 1.807) is 0 Å². The first-order valence-corrected chi connectivity index (χ1v) is 3.60. The lowest BCUT2D eigenvalue weighted by atomic mass is 10.3. The first-order chi connectivity index (χ1) is 5.66. The van der Waals surface area contributed by atoms with Crippen molar-refractivity contribution in [2.45, 2.75) is 6.42 Å². The monoisotopic (exact) mass is 167 g/mol. The van der Waals surface area contributed by atoms with Crippen LogP contribution in [0.25, 0.3) is 0 Å². The molecule has 1 rings (SSSR count). The van der Waals surface area contributed by atoms with E-state index in [-0.39, 0.29) is 18.4 Å². The van der Waals surface area contributed by atoms with Crippen molar-refractivity contribution in [1.82, 2.24) is 5.32 Å². The molecule has 0 radical (unpaired) electrons. The Morgan fingerprint density at radius 2 is 2.25 bits per heavy atom. The number of rotatable bonds is 3. The third kappa shape index (κ3) is 1.76. The fourth-order valence-electron chi connectivity index (χ4n) is 1.03.